The van der Waals surface area contributed by atoms with Crippen LogP contribution in [0, 0.1) is 12.9 Å². The fourth-order valence-corrected chi connectivity index (χ4v) is 8.41. The Morgan fingerprint density at radius 2 is 1.79 bits per heavy atom. The molecule has 1 saturated heterocycles. The molecule has 1 fully saturated rings. The number of nitrogens with zero attached hydrogens (tertiary/aromatic N) is 6. The van der Waals surface area contributed by atoms with Crippen molar-refractivity contribution in [3.05, 3.63) is 95.0 Å². The summed E-state index contributed by atoms with van der Waals surface area (Å²) in [5, 5.41) is 2.01. The van der Waals surface area contributed by atoms with Crippen LogP contribution in [0.1, 0.15) is 29.6 Å². The SMILES string of the molecule is [B][C@@H](c1ccccc1OC([B])([B])c1ccnn1CC(F)(F)F)[C@@H](Oc1ncnc2sc(-c3ccc(F)o3)c(-c3ccc(OCCN4CCN(C)CC4)c(Cl)c3C)c12)C(=O)OCC. The molecule has 6 radical (unpaired) electrons. The summed E-state index contributed by atoms with van der Waals surface area (Å²) in [6, 6.07) is 12.7. The second kappa shape index (κ2) is 18.7. The summed E-state index contributed by atoms with van der Waals surface area (Å²) in [6.45, 7) is 6.83. The van der Waals surface area contributed by atoms with Gasteiger partial charge in [0.2, 0.25) is 5.88 Å². The maximum atomic E-state index is 14.4. The Hall–Kier alpha value is -5.04. The number of fused-ring (bicyclic) bond motifs is 1. The Balaban J connectivity index is 1.25. The van der Waals surface area contributed by atoms with Crippen molar-refractivity contribution in [3.63, 3.8) is 0 Å². The maximum Gasteiger partial charge on any atom is 0.408 e. The van der Waals surface area contributed by atoms with E-state index >= 15 is 0 Å². The van der Waals surface area contributed by atoms with Crippen molar-refractivity contribution >= 4 is 62.7 Å². The van der Waals surface area contributed by atoms with Gasteiger partial charge in [0.05, 0.1) is 40.8 Å². The van der Waals surface area contributed by atoms with Gasteiger partial charge in [0.25, 0.3) is 6.01 Å². The molecule has 0 bridgehead atoms. The maximum absolute atomic E-state index is 14.4. The summed E-state index contributed by atoms with van der Waals surface area (Å²) >= 11 is 8.16. The lowest BCUT2D eigenvalue weighted by atomic mass is 9.63. The number of piperazine rings is 1. The molecule has 318 valence electrons. The highest BCUT2D eigenvalue weighted by Crippen LogP contribution is 2.50. The topological polar surface area (TPSA) is 117 Å². The van der Waals surface area contributed by atoms with Crippen LogP contribution in [0.25, 0.3) is 32.0 Å². The molecular weight excluding hydrogens is 848 g/mol. The molecule has 0 saturated carbocycles. The third-order valence-electron chi connectivity index (χ3n) is 10.2. The molecule has 12 nitrogen and oxygen atoms in total. The highest BCUT2D eigenvalue weighted by molar-refractivity contribution is 7.22. The Labute approximate surface area is 367 Å². The van der Waals surface area contributed by atoms with Crippen molar-refractivity contribution in [1.82, 2.24) is 29.5 Å². The molecule has 5 heterocycles. The molecule has 62 heavy (non-hydrogen) atoms. The van der Waals surface area contributed by atoms with Crippen LogP contribution in [0.2, 0.25) is 5.02 Å². The lowest BCUT2D eigenvalue weighted by Gasteiger charge is -2.32. The molecule has 7 rings (SSSR count). The third-order valence-corrected chi connectivity index (χ3v) is 11.8. The van der Waals surface area contributed by atoms with Crippen LogP contribution in [0.5, 0.6) is 17.4 Å². The Kier molecular flexibility index (Phi) is 13.6. The van der Waals surface area contributed by atoms with E-state index in [1.807, 2.05) is 13.0 Å². The number of carbonyl (C=O) groups is 1. The number of thiophene rings is 1. The molecule has 0 aliphatic carbocycles. The molecule has 1 aliphatic heterocycles. The van der Waals surface area contributed by atoms with Crippen molar-refractivity contribution in [1.29, 1.82) is 0 Å². The van der Waals surface area contributed by atoms with Crippen LogP contribution in [-0.4, -0.2) is 124 Å². The molecule has 2 atom stereocenters. The molecule has 0 N–H and O–H groups in total. The van der Waals surface area contributed by atoms with Crippen molar-refractivity contribution in [2.75, 3.05) is 53.0 Å². The molecular formula is C41H38B3ClF4N6O6S. The van der Waals surface area contributed by atoms with Gasteiger partial charge in [-0.15, -0.1) is 11.3 Å². The summed E-state index contributed by atoms with van der Waals surface area (Å²) in [6.07, 6.45) is -3.94. The van der Waals surface area contributed by atoms with Gasteiger partial charge in [-0.3, -0.25) is 9.58 Å². The van der Waals surface area contributed by atoms with Crippen molar-refractivity contribution < 1.29 is 45.7 Å². The number of ether oxygens (including phenoxy) is 4. The van der Waals surface area contributed by atoms with Gasteiger partial charge in [-0.2, -0.15) is 22.7 Å². The number of hydrogen-bond donors (Lipinski definition) is 0. The first-order valence-electron chi connectivity index (χ1n) is 19.4. The summed E-state index contributed by atoms with van der Waals surface area (Å²) in [7, 11) is 21.5. The van der Waals surface area contributed by atoms with Gasteiger partial charge in [0, 0.05) is 50.6 Å². The van der Waals surface area contributed by atoms with Gasteiger partial charge in [-0.05, 0) is 67.7 Å². The van der Waals surface area contributed by atoms with Gasteiger partial charge >= 0.3 is 12.1 Å². The van der Waals surface area contributed by atoms with Crippen LogP contribution < -0.4 is 14.2 Å². The average Bonchev–Trinajstić information content (AvgIpc) is 3.98. The van der Waals surface area contributed by atoms with E-state index in [0.717, 1.165) is 50.3 Å². The van der Waals surface area contributed by atoms with E-state index in [1.54, 1.807) is 25.1 Å². The first-order chi connectivity index (χ1) is 29.5. The van der Waals surface area contributed by atoms with Gasteiger partial charge in [-0.25, -0.2) is 14.8 Å². The molecule has 0 unspecified atom stereocenters. The Bertz CT molecular complexity index is 2530. The minimum absolute atomic E-state index is 0.0555. The quantitative estimate of drug-likeness (QED) is 0.0578. The van der Waals surface area contributed by atoms with Crippen molar-refractivity contribution in [2.24, 2.45) is 0 Å². The van der Waals surface area contributed by atoms with E-state index in [0.29, 0.717) is 53.8 Å². The summed E-state index contributed by atoms with van der Waals surface area (Å²) in [4.78, 5) is 28.2. The van der Waals surface area contributed by atoms with E-state index in [-0.39, 0.29) is 35.3 Å². The van der Waals surface area contributed by atoms with Gasteiger partial charge in [0.15, 0.2) is 6.10 Å². The van der Waals surface area contributed by atoms with Gasteiger partial charge in [-0.1, -0.05) is 35.9 Å². The van der Waals surface area contributed by atoms with E-state index in [9.17, 15) is 22.4 Å². The van der Waals surface area contributed by atoms with E-state index in [4.69, 9.17) is 58.5 Å². The van der Waals surface area contributed by atoms with E-state index in [2.05, 4.69) is 31.9 Å². The average molecular weight is 887 g/mol. The van der Waals surface area contributed by atoms with Crippen LogP contribution in [0.4, 0.5) is 17.6 Å². The first kappa shape index (κ1) is 45.0. The highest BCUT2D eigenvalue weighted by Gasteiger charge is 2.37. The summed E-state index contributed by atoms with van der Waals surface area (Å²) in [5.41, 5.74) is 1.49. The van der Waals surface area contributed by atoms with Crippen molar-refractivity contribution in [3.8, 4) is 39.1 Å². The first-order valence-corrected chi connectivity index (χ1v) is 20.6. The fraction of sp³-hybridized carbons (Fsp3) is 0.366. The molecule has 4 aromatic heterocycles. The van der Waals surface area contributed by atoms with Crippen molar-refractivity contribution in [2.45, 2.75) is 43.9 Å². The zero-order valence-electron chi connectivity index (χ0n) is 33.8. The summed E-state index contributed by atoms with van der Waals surface area (Å²) in [5.74, 6) is -1.80. The number of esters is 1. The number of aromatic nitrogens is 4. The number of halogens is 5. The van der Waals surface area contributed by atoms with Crippen LogP contribution >= 0.6 is 22.9 Å². The molecule has 2 aromatic carbocycles. The smallest absolute Gasteiger partial charge is 0.408 e. The molecule has 0 amide bonds. The third kappa shape index (κ3) is 9.93. The predicted octanol–water partition coefficient (Wildman–Crippen LogP) is 6.85. The predicted molar refractivity (Wildman–Crippen MR) is 228 cm³/mol. The monoisotopic (exact) mass is 886 g/mol. The molecule has 6 aromatic rings. The van der Waals surface area contributed by atoms with Gasteiger partial charge in [0.1, 0.15) is 57.3 Å². The normalized spacial score (nSPS) is 15.1. The standard InChI is InChI=1S/C41H38B3ClF4N6O6S/c1-4-57-39(56)35(33(42)25-7-5-6-8-26(25)61-41(43,44)29-13-14-52-55(29)21-40(47,48)49)60-37-32-31(36(28-11-12-30(46)59-28)62-38(32)51-22-50-37)24-9-10-27(34(45)23(24)2)58-20-19-54-17-15-53(3)16-18-54/h5-14,22,33,35H,4,15-21H2,1-3H3/t33-,35+/m0/s1. The fourth-order valence-electron chi connectivity index (χ4n) is 7.08. The van der Waals surface area contributed by atoms with Gasteiger partial charge < -0.3 is 28.3 Å². The minimum Gasteiger partial charge on any atom is -0.501 e. The minimum atomic E-state index is -4.64. The number of likely N-dealkylation sites (N-methyl/N-ethyl adjacent to an activating group) is 1. The number of alkyl halides is 3. The number of carbonyl (C=O) groups excluding carboxylic acids is 1. The second-order valence-corrected chi connectivity index (χ2v) is 15.9. The van der Waals surface area contributed by atoms with Crippen LogP contribution in [-0.2, 0) is 21.5 Å². The summed E-state index contributed by atoms with van der Waals surface area (Å²) < 4.78 is 84.5. The number of hydrogen-bond acceptors (Lipinski definition) is 12. The Morgan fingerprint density at radius 1 is 1.03 bits per heavy atom. The lowest BCUT2D eigenvalue weighted by molar-refractivity contribution is -0.151. The Morgan fingerprint density at radius 3 is 2.50 bits per heavy atom. The number of furan rings is 1. The van der Waals surface area contributed by atoms with Crippen LogP contribution in [0.3, 0.4) is 0 Å². The molecule has 0 spiro atoms. The largest absolute Gasteiger partial charge is 0.501 e. The zero-order valence-corrected chi connectivity index (χ0v) is 35.4. The zero-order chi connectivity index (χ0) is 44.3. The molecule has 21 heteroatoms. The van der Waals surface area contributed by atoms with Crippen LogP contribution in [0.15, 0.2) is 71.5 Å². The second-order valence-electron chi connectivity index (χ2n) is 14.6. The highest BCUT2D eigenvalue weighted by atomic mass is 35.5. The van der Waals surface area contributed by atoms with E-state index < -0.39 is 42.0 Å². The number of rotatable bonds is 16. The lowest BCUT2D eigenvalue weighted by Crippen LogP contribution is -2.45. The number of para-hydroxylation sites is 1. The van der Waals surface area contributed by atoms with E-state index in [1.165, 1.54) is 36.7 Å². The molecule has 1 aliphatic rings. The number of benzene rings is 2.